The third-order valence-corrected chi connectivity index (χ3v) is 1.22. The first-order valence-corrected chi connectivity index (χ1v) is 3.10. The fraction of sp³-hybridized carbons (Fsp3) is 0.200. The number of anilines is 1. The van der Waals surface area contributed by atoms with E-state index < -0.39 is 4.92 Å². The Morgan fingerprint density at radius 3 is 2.92 bits per heavy atom. The van der Waals surface area contributed by atoms with Crippen LogP contribution in [0.5, 0.6) is 0 Å². The lowest BCUT2D eigenvalue weighted by atomic mass is 10.5. The van der Waals surface area contributed by atoms with Gasteiger partial charge in [0.05, 0.1) is 4.92 Å². The molecule has 12 heavy (non-hydrogen) atoms. The normalized spacial score (nSPS) is 9.50. The second kappa shape index (κ2) is 3.09. The average molecular weight is 169 g/mol. The van der Waals surface area contributed by atoms with E-state index in [1.54, 1.807) is 6.92 Å². The molecule has 0 atom stereocenters. The number of aryl methyl sites for hydroxylation is 1. The molecule has 1 aromatic heterocycles. The Kier molecular flexibility index (Phi) is 2.15. The summed E-state index contributed by atoms with van der Waals surface area (Å²) in [7, 11) is 0. The molecule has 7 heteroatoms. The summed E-state index contributed by atoms with van der Waals surface area (Å²) in [4.78, 5) is 17.1. The Morgan fingerprint density at radius 2 is 2.42 bits per heavy atom. The van der Waals surface area contributed by atoms with E-state index in [9.17, 15) is 10.1 Å². The maximum atomic E-state index is 10.3. The van der Waals surface area contributed by atoms with Crippen molar-refractivity contribution in [3.8, 4) is 0 Å². The number of aromatic nitrogens is 2. The van der Waals surface area contributed by atoms with E-state index in [1.807, 2.05) is 0 Å². The predicted octanol–water partition coefficient (Wildman–Crippen LogP) is -0.0212. The number of nitrogens with two attached hydrogens (primary N) is 1. The fourth-order valence-corrected chi connectivity index (χ4v) is 0.703. The lowest BCUT2D eigenvalue weighted by Crippen LogP contribution is -2.11. The number of hydrazine groups is 1. The third-order valence-electron chi connectivity index (χ3n) is 1.22. The van der Waals surface area contributed by atoms with Crippen LogP contribution < -0.4 is 11.3 Å². The van der Waals surface area contributed by atoms with Gasteiger partial charge in [-0.2, -0.15) is 0 Å². The molecule has 0 unspecified atom stereocenters. The molecule has 0 aliphatic carbocycles. The maximum Gasteiger partial charge on any atom is 0.330 e. The Balaban J connectivity index is 3.20. The summed E-state index contributed by atoms with van der Waals surface area (Å²) in [6, 6.07) is 0. The van der Waals surface area contributed by atoms with Gasteiger partial charge >= 0.3 is 5.69 Å². The van der Waals surface area contributed by atoms with Crippen molar-refractivity contribution in [3.63, 3.8) is 0 Å². The van der Waals surface area contributed by atoms with Crippen LogP contribution in [0.1, 0.15) is 5.82 Å². The Morgan fingerprint density at radius 1 is 1.75 bits per heavy atom. The first-order chi connectivity index (χ1) is 5.65. The van der Waals surface area contributed by atoms with Crippen LogP contribution in [0, 0.1) is 17.0 Å². The number of hydrogen-bond acceptors (Lipinski definition) is 6. The second-order valence-electron chi connectivity index (χ2n) is 2.05. The third kappa shape index (κ3) is 1.45. The molecule has 0 fully saturated rings. The largest absolute Gasteiger partial charge is 0.330 e. The van der Waals surface area contributed by atoms with Crippen molar-refractivity contribution in [3.05, 3.63) is 22.1 Å². The summed E-state index contributed by atoms with van der Waals surface area (Å²) < 4.78 is 0. The molecule has 0 saturated heterocycles. The van der Waals surface area contributed by atoms with E-state index in [-0.39, 0.29) is 11.5 Å². The highest BCUT2D eigenvalue weighted by atomic mass is 16.6. The first-order valence-electron chi connectivity index (χ1n) is 3.10. The topological polar surface area (TPSA) is 107 Å². The van der Waals surface area contributed by atoms with Crippen molar-refractivity contribution in [1.29, 1.82) is 0 Å². The second-order valence-corrected chi connectivity index (χ2v) is 2.05. The molecule has 7 nitrogen and oxygen atoms in total. The zero-order chi connectivity index (χ0) is 9.14. The smallest absolute Gasteiger partial charge is 0.303 e. The van der Waals surface area contributed by atoms with Crippen molar-refractivity contribution in [2.24, 2.45) is 5.84 Å². The van der Waals surface area contributed by atoms with Crippen molar-refractivity contribution >= 4 is 11.5 Å². The van der Waals surface area contributed by atoms with Crippen LogP contribution in [0.2, 0.25) is 0 Å². The van der Waals surface area contributed by atoms with Gasteiger partial charge in [-0.3, -0.25) is 10.1 Å². The number of nitrogens with one attached hydrogen (secondary N) is 1. The van der Waals surface area contributed by atoms with E-state index in [1.165, 1.54) is 0 Å². The fourth-order valence-electron chi connectivity index (χ4n) is 0.703. The van der Waals surface area contributed by atoms with Crippen LogP contribution in [0.25, 0.3) is 0 Å². The molecule has 1 heterocycles. The zero-order valence-electron chi connectivity index (χ0n) is 6.31. The van der Waals surface area contributed by atoms with Crippen LogP contribution in [0.15, 0.2) is 6.20 Å². The van der Waals surface area contributed by atoms with Crippen molar-refractivity contribution < 1.29 is 4.92 Å². The van der Waals surface area contributed by atoms with Gasteiger partial charge in [-0.05, 0) is 6.92 Å². The molecule has 0 amide bonds. The zero-order valence-corrected chi connectivity index (χ0v) is 6.31. The average Bonchev–Trinajstić information content (AvgIpc) is 2.03. The summed E-state index contributed by atoms with van der Waals surface area (Å²) >= 11 is 0. The molecule has 0 saturated carbocycles. The van der Waals surface area contributed by atoms with Gasteiger partial charge < -0.3 is 5.43 Å². The first kappa shape index (κ1) is 8.34. The quantitative estimate of drug-likeness (QED) is 0.366. The number of nitrogen functional groups attached to an aromatic ring is 1. The minimum Gasteiger partial charge on any atom is -0.303 e. The highest BCUT2D eigenvalue weighted by Crippen LogP contribution is 2.18. The number of hydrogen-bond donors (Lipinski definition) is 2. The maximum absolute atomic E-state index is 10.3. The van der Waals surface area contributed by atoms with Gasteiger partial charge in [-0.15, -0.1) is 0 Å². The van der Waals surface area contributed by atoms with Gasteiger partial charge in [0, 0.05) is 0 Å². The molecule has 1 rings (SSSR count). The minimum absolute atomic E-state index is 0.0208. The summed E-state index contributed by atoms with van der Waals surface area (Å²) in [6.07, 6.45) is 1.11. The van der Waals surface area contributed by atoms with Crippen LogP contribution in [0.3, 0.4) is 0 Å². The summed E-state index contributed by atoms with van der Waals surface area (Å²) in [5.41, 5.74) is 1.89. The molecule has 0 spiro atoms. The monoisotopic (exact) mass is 169 g/mol. The summed E-state index contributed by atoms with van der Waals surface area (Å²) in [5, 5.41) is 10.3. The van der Waals surface area contributed by atoms with Crippen LogP contribution in [-0.4, -0.2) is 14.9 Å². The van der Waals surface area contributed by atoms with Gasteiger partial charge in [0.15, 0.2) is 0 Å². The Hall–Kier alpha value is -1.76. The van der Waals surface area contributed by atoms with Crippen LogP contribution in [0.4, 0.5) is 11.5 Å². The molecular formula is C5H7N5O2. The molecule has 0 aromatic carbocycles. The van der Waals surface area contributed by atoms with Gasteiger partial charge in [0.1, 0.15) is 12.0 Å². The lowest BCUT2D eigenvalue weighted by molar-refractivity contribution is -0.384. The lowest BCUT2D eigenvalue weighted by Gasteiger charge is -1.99. The standard InChI is InChI=1S/C5H7N5O2/c1-3-7-2-4(10(11)12)5(8-3)9-6/h2H,6H2,1H3,(H,7,8,9). The molecule has 0 aliphatic rings. The highest BCUT2D eigenvalue weighted by Gasteiger charge is 2.14. The Bertz CT molecular complexity index is 313. The van der Waals surface area contributed by atoms with E-state index in [4.69, 9.17) is 5.84 Å². The van der Waals surface area contributed by atoms with Gasteiger partial charge in [-0.25, -0.2) is 15.8 Å². The van der Waals surface area contributed by atoms with Crippen molar-refractivity contribution in [2.45, 2.75) is 6.92 Å². The summed E-state index contributed by atoms with van der Waals surface area (Å²) in [5.74, 6) is 5.46. The Labute approximate surface area is 67.7 Å². The molecule has 0 radical (unpaired) electrons. The number of nitrogens with zero attached hydrogens (tertiary/aromatic N) is 3. The molecule has 64 valence electrons. The van der Waals surface area contributed by atoms with E-state index in [0.717, 1.165) is 6.20 Å². The molecule has 1 aromatic rings. The number of rotatable bonds is 2. The number of nitro groups is 1. The van der Waals surface area contributed by atoms with Crippen molar-refractivity contribution in [1.82, 2.24) is 9.97 Å². The highest BCUT2D eigenvalue weighted by molar-refractivity contribution is 5.53. The van der Waals surface area contributed by atoms with Gasteiger partial charge in [0.2, 0.25) is 5.82 Å². The van der Waals surface area contributed by atoms with E-state index in [2.05, 4.69) is 15.4 Å². The SMILES string of the molecule is Cc1ncc([N+](=O)[O-])c(NN)n1. The van der Waals surface area contributed by atoms with Crippen molar-refractivity contribution in [2.75, 3.05) is 5.43 Å². The molecule has 3 N–H and O–H groups in total. The van der Waals surface area contributed by atoms with Gasteiger partial charge in [-0.1, -0.05) is 0 Å². The van der Waals surface area contributed by atoms with Crippen LogP contribution in [-0.2, 0) is 0 Å². The van der Waals surface area contributed by atoms with Gasteiger partial charge in [0.25, 0.3) is 0 Å². The van der Waals surface area contributed by atoms with E-state index >= 15 is 0 Å². The minimum atomic E-state index is -0.603. The summed E-state index contributed by atoms with van der Waals surface area (Å²) in [6.45, 7) is 1.62. The van der Waals surface area contributed by atoms with E-state index in [0.29, 0.717) is 5.82 Å². The van der Waals surface area contributed by atoms with Crippen LogP contribution >= 0.6 is 0 Å². The molecule has 0 aliphatic heterocycles. The molecule has 0 bridgehead atoms. The molecular weight excluding hydrogens is 162 g/mol. The predicted molar refractivity (Wildman–Crippen MR) is 41.2 cm³/mol.